The van der Waals surface area contributed by atoms with E-state index in [2.05, 4.69) is 5.32 Å². The van der Waals surface area contributed by atoms with Gasteiger partial charge in [-0.3, -0.25) is 10.2 Å². The molecule has 0 atom stereocenters. The Bertz CT molecular complexity index is 478. The highest BCUT2D eigenvalue weighted by atomic mass is 16.4. The summed E-state index contributed by atoms with van der Waals surface area (Å²) in [6.07, 6.45) is 1.30. The molecule has 3 N–H and O–H groups in total. The van der Waals surface area contributed by atoms with Crippen molar-refractivity contribution in [2.75, 3.05) is 5.32 Å². The molecule has 1 amide bonds. The second-order valence-corrected chi connectivity index (χ2v) is 3.20. The third-order valence-electron chi connectivity index (χ3n) is 2.05. The molecule has 5 heteroatoms. The lowest BCUT2D eigenvalue weighted by atomic mass is 10.1. The van der Waals surface area contributed by atoms with Gasteiger partial charge in [-0.25, -0.2) is 4.79 Å². The molecule has 0 aliphatic heterocycles. The first-order valence-corrected chi connectivity index (χ1v) is 4.91. The Morgan fingerprint density at radius 2 is 1.88 bits per heavy atom. The Morgan fingerprint density at radius 1 is 1.29 bits per heavy atom. The summed E-state index contributed by atoms with van der Waals surface area (Å²) < 4.78 is 0. The summed E-state index contributed by atoms with van der Waals surface area (Å²) in [6.45, 7) is 1.51. The molecule has 0 aliphatic rings. The van der Waals surface area contributed by atoms with Crippen LogP contribution in [-0.4, -0.2) is 22.7 Å². The van der Waals surface area contributed by atoms with E-state index < -0.39 is 17.6 Å². The third-order valence-corrected chi connectivity index (χ3v) is 2.05. The predicted octanol–water partition coefficient (Wildman–Crippen LogP) is 1.68. The first-order valence-electron chi connectivity index (χ1n) is 4.91. The molecular formula is C12H12N2O3. The Labute approximate surface area is 98.3 Å². The SMILES string of the molecule is C/C=C(/C(=N)C(=O)O)C(=O)Nc1ccccc1. The minimum atomic E-state index is -1.43. The van der Waals surface area contributed by atoms with E-state index in [4.69, 9.17) is 10.5 Å². The molecule has 1 aromatic rings. The van der Waals surface area contributed by atoms with Crippen molar-refractivity contribution < 1.29 is 14.7 Å². The lowest BCUT2D eigenvalue weighted by Gasteiger charge is -2.07. The maximum Gasteiger partial charge on any atom is 0.354 e. The molecule has 1 rings (SSSR count). The molecule has 0 aliphatic carbocycles. The number of hydrogen-bond acceptors (Lipinski definition) is 3. The van der Waals surface area contributed by atoms with Crippen molar-refractivity contribution in [2.45, 2.75) is 6.92 Å². The standard InChI is InChI=1S/C12H12N2O3/c1-2-9(10(13)12(16)17)11(15)14-8-6-4-3-5-7-8/h2-7,13H,1H3,(H,14,15)(H,16,17)/b9-2-,13-10?. The zero-order valence-corrected chi connectivity index (χ0v) is 9.23. The monoisotopic (exact) mass is 232 g/mol. The van der Waals surface area contributed by atoms with Crippen LogP contribution in [0.4, 0.5) is 5.69 Å². The smallest absolute Gasteiger partial charge is 0.354 e. The van der Waals surface area contributed by atoms with Gasteiger partial charge in [-0.2, -0.15) is 0 Å². The van der Waals surface area contributed by atoms with Gasteiger partial charge in [0.1, 0.15) is 0 Å². The first-order chi connectivity index (χ1) is 8.06. The number of allylic oxidation sites excluding steroid dienone is 1. The number of carboxylic acids is 1. The number of rotatable bonds is 4. The van der Waals surface area contributed by atoms with E-state index in [0.29, 0.717) is 5.69 Å². The van der Waals surface area contributed by atoms with Crippen LogP contribution >= 0.6 is 0 Å². The van der Waals surface area contributed by atoms with Crippen molar-refractivity contribution in [3.8, 4) is 0 Å². The van der Waals surface area contributed by atoms with Gasteiger partial charge in [0.05, 0.1) is 5.57 Å². The van der Waals surface area contributed by atoms with Gasteiger partial charge in [0.2, 0.25) is 0 Å². The fourth-order valence-corrected chi connectivity index (χ4v) is 1.22. The summed E-state index contributed by atoms with van der Waals surface area (Å²) in [5.41, 5.74) is -0.336. The Balaban J connectivity index is 2.83. The topological polar surface area (TPSA) is 90.2 Å². The largest absolute Gasteiger partial charge is 0.477 e. The van der Waals surface area contributed by atoms with E-state index in [0.717, 1.165) is 0 Å². The van der Waals surface area contributed by atoms with Crippen LogP contribution in [0.15, 0.2) is 42.0 Å². The maximum atomic E-state index is 11.7. The number of hydrogen-bond donors (Lipinski definition) is 3. The molecule has 0 saturated carbocycles. The van der Waals surface area contributed by atoms with E-state index in [-0.39, 0.29) is 5.57 Å². The molecule has 0 aromatic heterocycles. The van der Waals surface area contributed by atoms with Gasteiger partial charge in [0.15, 0.2) is 5.71 Å². The lowest BCUT2D eigenvalue weighted by molar-refractivity contribution is -0.129. The van der Waals surface area contributed by atoms with Crippen LogP contribution in [0.5, 0.6) is 0 Å². The van der Waals surface area contributed by atoms with Crippen LogP contribution in [0.2, 0.25) is 0 Å². The van der Waals surface area contributed by atoms with Gasteiger partial charge in [0.25, 0.3) is 5.91 Å². The molecule has 0 saturated heterocycles. The van der Waals surface area contributed by atoms with Gasteiger partial charge in [-0.15, -0.1) is 0 Å². The number of para-hydroxylation sites is 1. The number of amides is 1. The molecule has 0 spiro atoms. The van der Waals surface area contributed by atoms with Crippen LogP contribution in [0.3, 0.4) is 0 Å². The number of carboxylic acid groups (broad SMARTS) is 1. The maximum absolute atomic E-state index is 11.7. The van der Waals surface area contributed by atoms with E-state index in [9.17, 15) is 9.59 Å². The Morgan fingerprint density at radius 3 is 2.35 bits per heavy atom. The second-order valence-electron chi connectivity index (χ2n) is 3.20. The normalized spacial score (nSPS) is 10.8. The van der Waals surface area contributed by atoms with Crippen LogP contribution in [-0.2, 0) is 9.59 Å². The number of aliphatic carboxylic acids is 1. The number of anilines is 1. The minimum Gasteiger partial charge on any atom is -0.477 e. The van der Waals surface area contributed by atoms with Crippen LogP contribution in [0.25, 0.3) is 0 Å². The molecule has 0 unspecified atom stereocenters. The van der Waals surface area contributed by atoms with Gasteiger partial charge >= 0.3 is 5.97 Å². The van der Waals surface area contributed by atoms with Gasteiger partial charge in [-0.05, 0) is 19.1 Å². The summed E-state index contributed by atoms with van der Waals surface area (Å²) in [6, 6.07) is 8.64. The van der Waals surface area contributed by atoms with Crippen molar-refractivity contribution in [1.82, 2.24) is 0 Å². The highest BCUT2D eigenvalue weighted by molar-refractivity contribution is 6.48. The first kappa shape index (κ1) is 12.6. The van der Waals surface area contributed by atoms with E-state index in [1.807, 2.05) is 0 Å². The predicted molar refractivity (Wildman–Crippen MR) is 64.2 cm³/mol. The molecule has 0 fully saturated rings. The van der Waals surface area contributed by atoms with E-state index in [1.54, 1.807) is 30.3 Å². The van der Waals surface area contributed by atoms with Crippen molar-refractivity contribution in [2.24, 2.45) is 0 Å². The quantitative estimate of drug-likeness (QED) is 0.544. The number of carbonyl (C=O) groups excluding carboxylic acids is 1. The van der Waals surface area contributed by atoms with Crippen LogP contribution < -0.4 is 5.32 Å². The lowest BCUT2D eigenvalue weighted by Crippen LogP contribution is -2.25. The summed E-state index contributed by atoms with van der Waals surface area (Å²) in [7, 11) is 0. The molecule has 0 bridgehead atoms. The molecule has 0 radical (unpaired) electrons. The summed E-state index contributed by atoms with van der Waals surface area (Å²) >= 11 is 0. The van der Waals surface area contributed by atoms with Gasteiger partial charge in [0, 0.05) is 5.69 Å². The van der Waals surface area contributed by atoms with Crippen molar-refractivity contribution >= 4 is 23.3 Å². The van der Waals surface area contributed by atoms with Crippen molar-refractivity contribution in [3.63, 3.8) is 0 Å². The minimum absolute atomic E-state index is 0.165. The third kappa shape index (κ3) is 3.27. The second kappa shape index (κ2) is 5.60. The Kier molecular flexibility index (Phi) is 4.16. The van der Waals surface area contributed by atoms with Crippen LogP contribution in [0.1, 0.15) is 6.92 Å². The molecule has 88 valence electrons. The Hall–Kier alpha value is -2.43. The highest BCUT2D eigenvalue weighted by Gasteiger charge is 2.19. The zero-order chi connectivity index (χ0) is 12.8. The molecule has 0 heterocycles. The summed E-state index contributed by atoms with van der Waals surface area (Å²) in [4.78, 5) is 22.3. The average molecular weight is 232 g/mol. The van der Waals surface area contributed by atoms with Crippen LogP contribution in [0, 0.1) is 5.41 Å². The zero-order valence-electron chi connectivity index (χ0n) is 9.23. The number of nitrogens with one attached hydrogen (secondary N) is 2. The highest BCUT2D eigenvalue weighted by Crippen LogP contribution is 2.08. The number of benzene rings is 1. The average Bonchev–Trinajstić information content (AvgIpc) is 2.30. The molecule has 1 aromatic carbocycles. The summed E-state index contributed by atoms with van der Waals surface area (Å²) in [5, 5.41) is 18.4. The van der Waals surface area contributed by atoms with E-state index >= 15 is 0 Å². The molecule has 17 heavy (non-hydrogen) atoms. The van der Waals surface area contributed by atoms with E-state index in [1.165, 1.54) is 13.0 Å². The fraction of sp³-hybridized carbons (Fsp3) is 0.0833. The fourth-order valence-electron chi connectivity index (χ4n) is 1.22. The van der Waals surface area contributed by atoms with Crippen molar-refractivity contribution in [1.29, 1.82) is 5.41 Å². The number of carbonyl (C=O) groups is 2. The summed E-state index contributed by atoms with van der Waals surface area (Å²) in [5.74, 6) is -2.03. The molecule has 5 nitrogen and oxygen atoms in total. The van der Waals surface area contributed by atoms with Gasteiger partial charge < -0.3 is 10.4 Å². The molecular weight excluding hydrogens is 220 g/mol. The van der Waals surface area contributed by atoms with Gasteiger partial charge in [-0.1, -0.05) is 24.3 Å². The van der Waals surface area contributed by atoms with Crippen molar-refractivity contribution in [3.05, 3.63) is 42.0 Å².